The van der Waals surface area contributed by atoms with Gasteiger partial charge in [0.2, 0.25) is 15.9 Å². The minimum absolute atomic E-state index is 0.0477. The Labute approximate surface area is 181 Å². The molecule has 10 heteroatoms. The Morgan fingerprint density at radius 2 is 1.94 bits per heavy atom. The Kier molecular flexibility index (Phi) is 6.11. The van der Waals surface area contributed by atoms with Crippen molar-refractivity contribution in [1.29, 1.82) is 0 Å². The van der Waals surface area contributed by atoms with Crippen LogP contribution in [0.3, 0.4) is 0 Å². The number of piperidine rings is 1. The number of nitrogens with zero attached hydrogens (tertiary/aromatic N) is 3. The van der Waals surface area contributed by atoms with Crippen LogP contribution < -0.4 is 5.32 Å². The van der Waals surface area contributed by atoms with Gasteiger partial charge >= 0.3 is 0 Å². The Balaban J connectivity index is 1.56. The number of hydrogen-bond acceptors (Lipinski definition) is 6. The van der Waals surface area contributed by atoms with Gasteiger partial charge in [-0.25, -0.2) is 12.8 Å². The fraction of sp³-hybridized carbons (Fsp3) is 0.571. The molecule has 1 N–H and O–H groups in total. The van der Waals surface area contributed by atoms with E-state index in [0.29, 0.717) is 30.7 Å². The summed E-state index contributed by atoms with van der Waals surface area (Å²) in [6.45, 7) is 4.52. The van der Waals surface area contributed by atoms with Crippen LogP contribution in [-0.2, 0) is 10.0 Å². The summed E-state index contributed by atoms with van der Waals surface area (Å²) in [6.07, 6.45) is 4.49. The van der Waals surface area contributed by atoms with Gasteiger partial charge in [0.1, 0.15) is 16.8 Å². The Morgan fingerprint density at radius 1 is 1.23 bits per heavy atom. The van der Waals surface area contributed by atoms with Gasteiger partial charge in [0.25, 0.3) is 5.91 Å². The monoisotopic (exact) mass is 450 g/mol. The standard InChI is InChI=1S/C21H27FN4O4S/c1-13(2)18(21-24-19(25-30-21)14-6-7-14)23-20(27)15-8-9-16(22)17(12-15)31(28,29)26-10-4-3-5-11-26/h8-9,12-14,18H,3-7,10-11H2,1-2H3,(H,23,27). The van der Waals surface area contributed by atoms with E-state index in [9.17, 15) is 17.6 Å². The minimum atomic E-state index is -4.01. The normalized spacial score (nSPS) is 18.8. The lowest BCUT2D eigenvalue weighted by molar-refractivity contribution is 0.0913. The highest BCUT2D eigenvalue weighted by Crippen LogP contribution is 2.38. The molecule has 2 aliphatic rings. The number of carbonyl (C=O) groups excluding carboxylic acids is 1. The molecule has 0 spiro atoms. The SMILES string of the molecule is CC(C)C(NC(=O)c1ccc(F)c(S(=O)(=O)N2CCCCC2)c1)c1nc(C2CC2)no1. The molecule has 1 saturated carbocycles. The lowest BCUT2D eigenvalue weighted by atomic mass is 10.0. The van der Waals surface area contributed by atoms with E-state index in [-0.39, 0.29) is 11.5 Å². The quantitative estimate of drug-likeness (QED) is 0.693. The largest absolute Gasteiger partial charge is 0.340 e. The lowest BCUT2D eigenvalue weighted by Gasteiger charge is -2.26. The van der Waals surface area contributed by atoms with Crippen LogP contribution in [0, 0.1) is 11.7 Å². The van der Waals surface area contributed by atoms with Crippen LogP contribution in [0.1, 0.15) is 80.0 Å². The number of sulfonamides is 1. The van der Waals surface area contributed by atoms with Crippen LogP contribution in [0.25, 0.3) is 0 Å². The van der Waals surface area contributed by atoms with Crippen molar-refractivity contribution in [3.05, 3.63) is 41.3 Å². The van der Waals surface area contributed by atoms with Gasteiger partial charge in [-0.05, 0) is 49.8 Å². The first-order valence-electron chi connectivity index (χ1n) is 10.7. The average molecular weight is 451 g/mol. The van der Waals surface area contributed by atoms with Crippen LogP contribution in [0.4, 0.5) is 4.39 Å². The Bertz CT molecular complexity index is 1060. The van der Waals surface area contributed by atoms with Crippen molar-refractivity contribution in [2.45, 2.75) is 62.8 Å². The van der Waals surface area contributed by atoms with E-state index in [4.69, 9.17) is 4.52 Å². The van der Waals surface area contributed by atoms with Crippen molar-refractivity contribution in [1.82, 2.24) is 19.8 Å². The number of rotatable bonds is 7. The third-order valence-electron chi connectivity index (χ3n) is 5.75. The average Bonchev–Trinajstić information content (AvgIpc) is 3.49. The highest BCUT2D eigenvalue weighted by molar-refractivity contribution is 7.89. The Morgan fingerprint density at radius 3 is 2.58 bits per heavy atom. The third kappa shape index (κ3) is 4.64. The van der Waals surface area contributed by atoms with Crippen LogP contribution in [0.15, 0.2) is 27.6 Å². The second-order valence-corrected chi connectivity index (χ2v) is 10.5. The van der Waals surface area contributed by atoms with E-state index < -0.39 is 32.7 Å². The summed E-state index contributed by atoms with van der Waals surface area (Å²) >= 11 is 0. The van der Waals surface area contributed by atoms with Crippen molar-refractivity contribution >= 4 is 15.9 Å². The summed E-state index contributed by atoms with van der Waals surface area (Å²) in [5, 5.41) is 6.83. The second-order valence-electron chi connectivity index (χ2n) is 8.57. The van der Waals surface area contributed by atoms with Crippen molar-refractivity contribution < 1.29 is 22.1 Å². The second kappa shape index (κ2) is 8.66. The molecular formula is C21H27FN4O4S. The predicted molar refractivity (Wildman–Crippen MR) is 110 cm³/mol. The van der Waals surface area contributed by atoms with Crippen LogP contribution in [-0.4, -0.2) is 41.9 Å². The first-order chi connectivity index (χ1) is 14.8. The summed E-state index contributed by atoms with van der Waals surface area (Å²) in [4.78, 5) is 16.9. The number of aromatic nitrogens is 2. The van der Waals surface area contributed by atoms with Gasteiger partial charge in [0, 0.05) is 24.6 Å². The molecule has 168 valence electrons. The number of hydrogen-bond donors (Lipinski definition) is 1. The fourth-order valence-corrected chi connectivity index (χ4v) is 5.31. The molecule has 31 heavy (non-hydrogen) atoms. The molecule has 1 aliphatic heterocycles. The molecule has 1 aromatic carbocycles. The molecule has 4 rings (SSSR count). The zero-order valence-corrected chi connectivity index (χ0v) is 18.5. The summed E-state index contributed by atoms with van der Waals surface area (Å²) in [6, 6.07) is 2.86. The molecule has 1 aromatic heterocycles. The van der Waals surface area contributed by atoms with E-state index in [0.717, 1.165) is 44.2 Å². The molecule has 2 fully saturated rings. The number of carbonyl (C=O) groups is 1. The molecule has 1 atom stereocenters. The van der Waals surface area contributed by atoms with E-state index in [1.54, 1.807) is 0 Å². The summed E-state index contributed by atoms with van der Waals surface area (Å²) < 4.78 is 47.0. The zero-order valence-electron chi connectivity index (χ0n) is 17.7. The number of nitrogens with one attached hydrogen (secondary N) is 1. The topological polar surface area (TPSA) is 105 Å². The fourth-order valence-electron chi connectivity index (χ4n) is 3.71. The van der Waals surface area contributed by atoms with Crippen molar-refractivity contribution in [2.75, 3.05) is 13.1 Å². The number of amides is 1. The molecule has 1 aliphatic carbocycles. The molecule has 8 nitrogen and oxygen atoms in total. The highest BCUT2D eigenvalue weighted by Gasteiger charge is 2.33. The number of benzene rings is 1. The van der Waals surface area contributed by atoms with Gasteiger partial charge in [-0.15, -0.1) is 0 Å². The maximum atomic E-state index is 14.5. The molecule has 0 radical (unpaired) electrons. The van der Waals surface area contributed by atoms with Gasteiger partial charge in [-0.1, -0.05) is 25.4 Å². The van der Waals surface area contributed by atoms with Crippen molar-refractivity contribution in [2.24, 2.45) is 5.92 Å². The highest BCUT2D eigenvalue weighted by atomic mass is 32.2. The van der Waals surface area contributed by atoms with Crippen LogP contribution >= 0.6 is 0 Å². The smallest absolute Gasteiger partial charge is 0.251 e. The van der Waals surface area contributed by atoms with Crippen molar-refractivity contribution in [3.8, 4) is 0 Å². The molecule has 1 unspecified atom stereocenters. The van der Waals surface area contributed by atoms with Gasteiger partial charge < -0.3 is 9.84 Å². The van der Waals surface area contributed by atoms with Crippen molar-refractivity contribution in [3.63, 3.8) is 0 Å². The first kappa shape index (κ1) is 21.9. The van der Waals surface area contributed by atoms with E-state index in [1.165, 1.54) is 10.4 Å². The molecule has 1 amide bonds. The summed E-state index contributed by atoms with van der Waals surface area (Å²) in [5.74, 6) is -0.164. The minimum Gasteiger partial charge on any atom is -0.340 e. The van der Waals surface area contributed by atoms with Gasteiger partial charge in [-0.2, -0.15) is 9.29 Å². The molecule has 2 aromatic rings. The zero-order chi connectivity index (χ0) is 22.2. The van der Waals surface area contributed by atoms with E-state index in [1.807, 2.05) is 13.8 Å². The molecule has 0 bridgehead atoms. The molecule has 2 heterocycles. The van der Waals surface area contributed by atoms with E-state index in [2.05, 4.69) is 15.5 Å². The number of halogens is 1. The van der Waals surface area contributed by atoms with Gasteiger partial charge in [-0.3, -0.25) is 4.79 Å². The molecule has 1 saturated heterocycles. The Hall–Kier alpha value is -2.33. The predicted octanol–water partition coefficient (Wildman–Crippen LogP) is 3.39. The van der Waals surface area contributed by atoms with Gasteiger partial charge in [0.15, 0.2) is 5.82 Å². The van der Waals surface area contributed by atoms with Gasteiger partial charge in [0.05, 0.1) is 0 Å². The molecular weight excluding hydrogens is 423 g/mol. The lowest BCUT2D eigenvalue weighted by Crippen LogP contribution is -2.36. The van der Waals surface area contributed by atoms with Crippen LogP contribution in [0.5, 0.6) is 0 Å². The summed E-state index contributed by atoms with van der Waals surface area (Å²) in [5.41, 5.74) is 0.0598. The third-order valence-corrected chi connectivity index (χ3v) is 7.66. The van der Waals surface area contributed by atoms with E-state index >= 15 is 0 Å². The van der Waals surface area contributed by atoms with Crippen LogP contribution in [0.2, 0.25) is 0 Å². The summed E-state index contributed by atoms with van der Waals surface area (Å²) in [7, 11) is -4.01. The first-order valence-corrected chi connectivity index (χ1v) is 12.2. The maximum absolute atomic E-state index is 14.5. The maximum Gasteiger partial charge on any atom is 0.251 e.